The second-order valence-electron chi connectivity index (χ2n) is 4.27. The van der Waals surface area contributed by atoms with E-state index in [2.05, 4.69) is 20.3 Å². The highest BCUT2D eigenvalue weighted by molar-refractivity contribution is 6.46. The Bertz CT molecular complexity index is 489. The molecule has 100 valence electrons. The quantitative estimate of drug-likeness (QED) is 0.369. The number of hydrogen-bond donors (Lipinski definition) is 2. The van der Waals surface area contributed by atoms with Crippen LogP contribution in [0.5, 0.6) is 0 Å². The smallest absolute Gasteiger partial charge is 0.191 e. The van der Waals surface area contributed by atoms with Gasteiger partial charge in [0, 0.05) is 18.7 Å². The summed E-state index contributed by atoms with van der Waals surface area (Å²) in [6.07, 6.45) is 4.06. The Morgan fingerprint density at radius 3 is 2.53 bits per heavy atom. The highest BCUT2D eigenvalue weighted by Crippen LogP contribution is 2.05. The minimum Gasteiger partial charge on any atom is -0.409 e. The van der Waals surface area contributed by atoms with E-state index in [9.17, 15) is 0 Å². The van der Waals surface area contributed by atoms with Gasteiger partial charge in [0.05, 0.1) is 0 Å². The van der Waals surface area contributed by atoms with Crippen molar-refractivity contribution in [3.63, 3.8) is 0 Å². The summed E-state index contributed by atoms with van der Waals surface area (Å²) in [6.45, 7) is 2.01. The van der Waals surface area contributed by atoms with Gasteiger partial charge in [-0.3, -0.25) is 0 Å². The summed E-state index contributed by atoms with van der Waals surface area (Å²) >= 11 is 0. The molecule has 6 nitrogen and oxygen atoms in total. The molecule has 0 radical (unpaired) electrons. The van der Waals surface area contributed by atoms with Gasteiger partial charge in [-0.25, -0.2) is 0 Å². The van der Waals surface area contributed by atoms with Crippen molar-refractivity contribution in [2.75, 3.05) is 13.1 Å². The van der Waals surface area contributed by atoms with Gasteiger partial charge >= 0.3 is 0 Å². The van der Waals surface area contributed by atoms with Crippen LogP contribution >= 0.6 is 0 Å². The zero-order chi connectivity index (χ0) is 13.5. The van der Waals surface area contributed by atoms with Gasteiger partial charge in [0.1, 0.15) is 12.1 Å². The second-order valence-corrected chi connectivity index (χ2v) is 4.27. The molecule has 0 spiro atoms. The van der Waals surface area contributed by atoms with E-state index in [4.69, 9.17) is 10.9 Å². The highest BCUT2D eigenvalue weighted by Gasteiger charge is 2.09. The van der Waals surface area contributed by atoms with Crippen molar-refractivity contribution in [2.24, 2.45) is 21.1 Å². The van der Waals surface area contributed by atoms with Crippen LogP contribution in [0.2, 0.25) is 0 Å². The molecule has 1 saturated heterocycles. The highest BCUT2D eigenvalue weighted by atomic mass is 16.4. The van der Waals surface area contributed by atoms with Gasteiger partial charge in [0.15, 0.2) is 5.84 Å². The normalized spacial score (nSPS) is 17.4. The molecule has 1 aromatic carbocycles. The molecule has 0 amide bonds. The fraction of sp³-hybridized carbons (Fsp3) is 0.308. The molecule has 1 aromatic rings. The van der Waals surface area contributed by atoms with Crippen LogP contribution in [0.15, 0.2) is 45.7 Å². The van der Waals surface area contributed by atoms with Crippen molar-refractivity contribution < 1.29 is 5.21 Å². The number of hydrogen-bond acceptors (Lipinski definition) is 4. The number of amidine groups is 1. The van der Waals surface area contributed by atoms with Crippen LogP contribution in [0.1, 0.15) is 18.4 Å². The molecule has 0 bridgehead atoms. The Morgan fingerprint density at radius 2 is 1.89 bits per heavy atom. The summed E-state index contributed by atoms with van der Waals surface area (Å²) < 4.78 is 0. The van der Waals surface area contributed by atoms with Crippen molar-refractivity contribution in [2.45, 2.75) is 12.8 Å². The molecular weight excluding hydrogens is 242 g/mol. The van der Waals surface area contributed by atoms with Crippen molar-refractivity contribution in [3.8, 4) is 0 Å². The zero-order valence-electron chi connectivity index (χ0n) is 10.6. The Hall–Kier alpha value is -2.37. The maximum absolute atomic E-state index is 8.80. The Balaban J connectivity index is 2.18. The lowest BCUT2D eigenvalue weighted by Crippen LogP contribution is -2.25. The maximum Gasteiger partial charge on any atom is 0.191 e. The number of benzene rings is 1. The SMILES string of the molecule is NC(=N/O)/C(=N/N=C/N1CCCC1)c1ccccc1. The molecule has 3 N–H and O–H groups in total. The first-order valence-electron chi connectivity index (χ1n) is 6.20. The van der Waals surface area contributed by atoms with E-state index in [0.717, 1.165) is 18.7 Å². The molecule has 0 unspecified atom stereocenters. The second kappa shape index (κ2) is 6.53. The van der Waals surface area contributed by atoms with Crippen LogP contribution in [0.3, 0.4) is 0 Å². The van der Waals surface area contributed by atoms with Gasteiger partial charge in [-0.15, -0.1) is 10.2 Å². The number of nitrogens with zero attached hydrogens (tertiary/aromatic N) is 4. The number of rotatable bonds is 4. The average Bonchev–Trinajstić information content (AvgIpc) is 2.97. The summed E-state index contributed by atoms with van der Waals surface area (Å²) in [5, 5.41) is 19.9. The molecule has 6 heteroatoms. The van der Waals surface area contributed by atoms with Crippen molar-refractivity contribution >= 4 is 17.9 Å². The molecular formula is C13H17N5O. The minimum absolute atomic E-state index is 0.0511. The topological polar surface area (TPSA) is 86.6 Å². The lowest BCUT2D eigenvalue weighted by atomic mass is 10.1. The van der Waals surface area contributed by atoms with E-state index < -0.39 is 0 Å². The first-order valence-corrected chi connectivity index (χ1v) is 6.20. The molecule has 0 atom stereocenters. The molecule has 0 aromatic heterocycles. The van der Waals surface area contributed by atoms with Crippen molar-refractivity contribution in [1.82, 2.24) is 4.90 Å². The monoisotopic (exact) mass is 259 g/mol. The average molecular weight is 259 g/mol. The van der Waals surface area contributed by atoms with Gasteiger partial charge in [-0.2, -0.15) is 0 Å². The predicted octanol–water partition coefficient (Wildman–Crippen LogP) is 1.26. The molecule has 1 aliphatic rings. The van der Waals surface area contributed by atoms with Gasteiger partial charge in [-0.1, -0.05) is 35.5 Å². The number of oxime groups is 1. The Labute approximate surface area is 111 Å². The summed E-state index contributed by atoms with van der Waals surface area (Å²) in [4.78, 5) is 2.10. The van der Waals surface area contributed by atoms with Gasteiger partial charge in [-0.05, 0) is 12.8 Å². The Morgan fingerprint density at radius 1 is 1.21 bits per heavy atom. The van der Waals surface area contributed by atoms with Crippen LogP contribution in [0.4, 0.5) is 0 Å². The van der Waals surface area contributed by atoms with Gasteiger partial charge in [0.2, 0.25) is 0 Å². The molecule has 0 saturated carbocycles. The fourth-order valence-corrected chi connectivity index (χ4v) is 1.91. The molecule has 1 aliphatic heterocycles. The zero-order valence-corrected chi connectivity index (χ0v) is 10.6. The van der Waals surface area contributed by atoms with E-state index in [0.29, 0.717) is 5.71 Å². The standard InChI is InChI=1S/C13H17N5O/c14-13(17-19)12(11-6-2-1-3-7-11)16-15-10-18-8-4-5-9-18/h1-3,6-7,10,19H,4-5,8-9H2,(H2,14,17)/b15-10+,16-12+. The van der Waals surface area contributed by atoms with Crippen LogP contribution in [0.25, 0.3) is 0 Å². The first kappa shape index (κ1) is 13.1. The minimum atomic E-state index is -0.0511. The van der Waals surface area contributed by atoms with Crippen LogP contribution in [-0.4, -0.2) is 41.1 Å². The summed E-state index contributed by atoms with van der Waals surface area (Å²) in [5.41, 5.74) is 6.75. The lowest BCUT2D eigenvalue weighted by Gasteiger charge is -2.07. The van der Waals surface area contributed by atoms with E-state index in [1.165, 1.54) is 12.8 Å². The maximum atomic E-state index is 8.80. The van der Waals surface area contributed by atoms with E-state index in [1.54, 1.807) is 6.34 Å². The molecule has 19 heavy (non-hydrogen) atoms. The van der Waals surface area contributed by atoms with Gasteiger partial charge < -0.3 is 15.8 Å². The molecule has 0 aliphatic carbocycles. The van der Waals surface area contributed by atoms with Crippen molar-refractivity contribution in [1.29, 1.82) is 0 Å². The van der Waals surface area contributed by atoms with Crippen molar-refractivity contribution in [3.05, 3.63) is 35.9 Å². The predicted molar refractivity (Wildman–Crippen MR) is 75.7 cm³/mol. The first-order chi connectivity index (χ1) is 9.31. The largest absolute Gasteiger partial charge is 0.409 e. The van der Waals surface area contributed by atoms with E-state index in [1.807, 2.05) is 30.3 Å². The molecule has 1 fully saturated rings. The number of nitrogens with two attached hydrogens (primary N) is 1. The summed E-state index contributed by atoms with van der Waals surface area (Å²) in [6, 6.07) is 9.28. The fourth-order valence-electron chi connectivity index (χ4n) is 1.91. The van der Waals surface area contributed by atoms with Crippen LogP contribution in [-0.2, 0) is 0 Å². The lowest BCUT2D eigenvalue weighted by molar-refractivity contribution is 0.319. The summed E-state index contributed by atoms with van der Waals surface area (Å²) in [5.74, 6) is -0.0511. The van der Waals surface area contributed by atoms with E-state index in [-0.39, 0.29) is 5.84 Å². The molecule has 1 heterocycles. The number of likely N-dealkylation sites (tertiary alicyclic amines) is 1. The van der Waals surface area contributed by atoms with Crippen LogP contribution < -0.4 is 5.73 Å². The summed E-state index contributed by atoms with van der Waals surface area (Å²) in [7, 11) is 0. The van der Waals surface area contributed by atoms with E-state index >= 15 is 0 Å². The molecule has 2 rings (SSSR count). The third kappa shape index (κ3) is 3.54. The third-order valence-electron chi connectivity index (χ3n) is 2.91. The Kier molecular flexibility index (Phi) is 4.49. The van der Waals surface area contributed by atoms with Crippen LogP contribution in [0, 0.1) is 0 Å². The van der Waals surface area contributed by atoms with Gasteiger partial charge in [0.25, 0.3) is 0 Å². The third-order valence-corrected chi connectivity index (χ3v) is 2.91.